The van der Waals surface area contributed by atoms with Gasteiger partial charge in [-0.05, 0) is 35.7 Å². The topological polar surface area (TPSA) is 44.1 Å². The second-order valence-electron chi connectivity index (χ2n) is 5.93. The van der Waals surface area contributed by atoms with Crippen molar-refractivity contribution >= 4 is 28.9 Å². The summed E-state index contributed by atoms with van der Waals surface area (Å²) in [4.78, 5) is 13.3. The minimum absolute atomic E-state index is 0.0171. The molecule has 0 aliphatic rings. The zero-order chi connectivity index (χ0) is 19.5. The van der Waals surface area contributed by atoms with Crippen LogP contribution in [0.25, 0.3) is 16.3 Å². The summed E-state index contributed by atoms with van der Waals surface area (Å²) in [5, 5.41) is 6.61. The van der Waals surface area contributed by atoms with Crippen molar-refractivity contribution in [2.24, 2.45) is 0 Å². The third kappa shape index (κ3) is 3.69. The van der Waals surface area contributed by atoms with Gasteiger partial charge >= 0.3 is 5.97 Å². The summed E-state index contributed by atoms with van der Waals surface area (Å²) < 4.78 is 21.0. The zero-order valence-electron chi connectivity index (χ0n) is 14.5. The third-order valence-corrected chi connectivity index (χ3v) is 5.28. The molecule has 4 nitrogen and oxygen atoms in total. The number of thiophene rings is 1. The lowest BCUT2D eigenvalue weighted by Gasteiger charge is -2.07. The van der Waals surface area contributed by atoms with Gasteiger partial charge in [0, 0.05) is 11.8 Å². The first-order valence-corrected chi connectivity index (χ1v) is 9.68. The summed E-state index contributed by atoms with van der Waals surface area (Å²) in [5.74, 6) is -1.52. The van der Waals surface area contributed by atoms with Crippen LogP contribution < -0.4 is 0 Å². The molecule has 0 N–H and O–H groups in total. The van der Waals surface area contributed by atoms with Crippen LogP contribution in [0.2, 0.25) is 5.02 Å². The molecule has 0 saturated carbocycles. The highest BCUT2D eigenvalue weighted by molar-refractivity contribution is 7.13. The first-order valence-electron chi connectivity index (χ1n) is 8.42. The molecule has 0 saturated heterocycles. The lowest BCUT2D eigenvalue weighted by Crippen LogP contribution is -2.08. The molecule has 4 aromatic rings. The van der Waals surface area contributed by atoms with Gasteiger partial charge in [-0.3, -0.25) is 0 Å². The number of halogens is 2. The van der Waals surface area contributed by atoms with Crippen LogP contribution in [0.15, 0.2) is 72.2 Å². The maximum Gasteiger partial charge on any atom is 0.343 e. The molecular formula is C21H14ClFN2O2S. The van der Waals surface area contributed by atoms with Crippen molar-refractivity contribution < 1.29 is 13.9 Å². The van der Waals surface area contributed by atoms with E-state index in [1.165, 1.54) is 29.5 Å². The zero-order valence-corrected chi connectivity index (χ0v) is 16.1. The van der Waals surface area contributed by atoms with Crippen molar-refractivity contribution in [3.8, 4) is 16.3 Å². The second kappa shape index (κ2) is 7.96. The third-order valence-electron chi connectivity index (χ3n) is 4.09. The first kappa shape index (κ1) is 18.4. The van der Waals surface area contributed by atoms with Gasteiger partial charge in [-0.25, -0.2) is 13.9 Å². The molecule has 0 amide bonds. The quantitative estimate of drug-likeness (QED) is 0.392. The Hall–Kier alpha value is -2.96. The highest BCUT2D eigenvalue weighted by Crippen LogP contribution is 2.29. The van der Waals surface area contributed by atoms with E-state index < -0.39 is 11.8 Å². The number of ether oxygens (including phenoxy) is 1. The Labute approximate surface area is 169 Å². The number of hydrogen-bond acceptors (Lipinski definition) is 4. The van der Waals surface area contributed by atoms with Gasteiger partial charge in [-0.15, -0.1) is 11.3 Å². The van der Waals surface area contributed by atoms with Crippen molar-refractivity contribution in [1.29, 1.82) is 0 Å². The van der Waals surface area contributed by atoms with Crippen LogP contribution in [0.3, 0.4) is 0 Å². The Bertz CT molecular complexity index is 1090. The van der Waals surface area contributed by atoms with E-state index in [0.29, 0.717) is 11.3 Å². The Morgan fingerprint density at radius 1 is 1.11 bits per heavy atom. The lowest BCUT2D eigenvalue weighted by atomic mass is 10.2. The predicted octanol–water partition coefficient (Wildman–Crippen LogP) is 5.75. The molecule has 0 fully saturated rings. The fraction of sp³-hybridized carbons (Fsp3) is 0.0476. The van der Waals surface area contributed by atoms with Crippen molar-refractivity contribution in [3.63, 3.8) is 0 Å². The number of rotatable bonds is 5. The first-order chi connectivity index (χ1) is 13.6. The van der Waals surface area contributed by atoms with Gasteiger partial charge in [0.1, 0.15) is 23.7 Å². The number of para-hydroxylation sites is 1. The summed E-state index contributed by atoms with van der Waals surface area (Å²) in [7, 11) is 0. The van der Waals surface area contributed by atoms with Crippen LogP contribution >= 0.6 is 22.9 Å². The maximum absolute atomic E-state index is 14.0. The monoisotopic (exact) mass is 412 g/mol. The minimum atomic E-state index is -0.812. The van der Waals surface area contributed by atoms with Gasteiger partial charge in [-0.1, -0.05) is 41.9 Å². The van der Waals surface area contributed by atoms with Gasteiger partial charge in [0.05, 0.1) is 15.6 Å². The molecule has 2 aromatic heterocycles. The van der Waals surface area contributed by atoms with Crippen LogP contribution in [0.5, 0.6) is 0 Å². The minimum Gasteiger partial charge on any atom is -0.457 e. The van der Waals surface area contributed by atoms with E-state index in [4.69, 9.17) is 16.3 Å². The molecule has 0 spiro atoms. The van der Waals surface area contributed by atoms with Crippen LogP contribution in [0.1, 0.15) is 15.9 Å². The van der Waals surface area contributed by atoms with E-state index in [9.17, 15) is 9.18 Å². The highest BCUT2D eigenvalue weighted by atomic mass is 35.5. The number of esters is 1. The number of benzene rings is 2. The van der Waals surface area contributed by atoms with E-state index in [1.54, 1.807) is 10.9 Å². The number of hydrogen-bond donors (Lipinski definition) is 0. The fourth-order valence-electron chi connectivity index (χ4n) is 2.76. The van der Waals surface area contributed by atoms with Gasteiger partial charge in [0.2, 0.25) is 0 Å². The molecular weight excluding hydrogens is 399 g/mol. The Morgan fingerprint density at radius 2 is 1.93 bits per heavy atom. The van der Waals surface area contributed by atoms with Gasteiger partial charge < -0.3 is 4.74 Å². The summed E-state index contributed by atoms with van der Waals surface area (Å²) >= 11 is 7.48. The lowest BCUT2D eigenvalue weighted by molar-refractivity contribution is 0.0468. The van der Waals surface area contributed by atoms with Crippen LogP contribution in [0.4, 0.5) is 4.39 Å². The molecule has 2 aromatic carbocycles. The molecule has 140 valence electrons. The number of aromatic nitrogens is 2. The van der Waals surface area contributed by atoms with Crippen molar-refractivity contribution in [2.75, 3.05) is 0 Å². The van der Waals surface area contributed by atoms with Gasteiger partial charge in [0.25, 0.3) is 0 Å². The van der Waals surface area contributed by atoms with Gasteiger partial charge in [0.15, 0.2) is 0 Å². The molecule has 0 unspecified atom stereocenters. The predicted molar refractivity (Wildman–Crippen MR) is 107 cm³/mol. The average molecular weight is 413 g/mol. The van der Waals surface area contributed by atoms with E-state index in [2.05, 4.69) is 5.10 Å². The smallest absolute Gasteiger partial charge is 0.343 e. The Morgan fingerprint density at radius 3 is 2.64 bits per heavy atom. The number of carbonyl (C=O) groups is 1. The van der Waals surface area contributed by atoms with E-state index in [0.717, 1.165) is 10.6 Å². The molecule has 0 radical (unpaired) electrons. The summed E-state index contributed by atoms with van der Waals surface area (Å²) in [5.41, 5.74) is 2.05. The molecule has 28 heavy (non-hydrogen) atoms. The molecule has 0 bridgehead atoms. The molecule has 7 heteroatoms. The molecule has 2 heterocycles. The largest absolute Gasteiger partial charge is 0.457 e. The SMILES string of the molecule is O=C(OCc1cn(-c2ccccc2)nc1-c1cccs1)c1c(F)cccc1Cl. The Balaban J connectivity index is 1.64. The number of carbonyl (C=O) groups excluding carboxylic acids is 1. The Kier molecular flexibility index (Phi) is 5.23. The summed E-state index contributed by atoms with van der Waals surface area (Å²) in [6.45, 7) is -0.0520. The summed E-state index contributed by atoms with van der Waals surface area (Å²) in [6.07, 6.45) is 1.81. The molecule has 0 atom stereocenters. The molecule has 4 rings (SSSR count). The van der Waals surface area contributed by atoms with Crippen molar-refractivity contribution in [2.45, 2.75) is 6.61 Å². The van der Waals surface area contributed by atoms with Gasteiger partial charge in [-0.2, -0.15) is 5.10 Å². The standard InChI is InChI=1S/C21H14ClFN2O2S/c22-16-8-4-9-17(23)19(16)21(26)27-13-14-12-25(15-6-2-1-3-7-15)24-20(14)18-10-5-11-28-18/h1-12H,13H2. The van der Waals surface area contributed by atoms with Crippen LogP contribution in [0, 0.1) is 5.82 Å². The van der Waals surface area contributed by atoms with E-state index >= 15 is 0 Å². The summed E-state index contributed by atoms with van der Waals surface area (Å²) in [6, 6.07) is 17.6. The normalized spacial score (nSPS) is 10.8. The number of nitrogens with zero attached hydrogens (tertiary/aromatic N) is 2. The molecule has 0 aliphatic heterocycles. The van der Waals surface area contributed by atoms with Crippen molar-refractivity contribution in [3.05, 3.63) is 94.2 Å². The second-order valence-corrected chi connectivity index (χ2v) is 7.29. The van der Waals surface area contributed by atoms with E-state index in [1.807, 2.05) is 47.8 Å². The average Bonchev–Trinajstić information content (AvgIpc) is 3.36. The fourth-order valence-corrected chi connectivity index (χ4v) is 3.74. The maximum atomic E-state index is 14.0. The highest BCUT2D eigenvalue weighted by Gasteiger charge is 2.20. The van der Waals surface area contributed by atoms with Crippen LogP contribution in [-0.2, 0) is 11.3 Å². The van der Waals surface area contributed by atoms with Crippen molar-refractivity contribution in [1.82, 2.24) is 9.78 Å². The van der Waals surface area contributed by atoms with Crippen LogP contribution in [-0.4, -0.2) is 15.7 Å². The molecule has 0 aliphatic carbocycles. The van der Waals surface area contributed by atoms with E-state index in [-0.39, 0.29) is 17.2 Å².